The van der Waals surface area contributed by atoms with E-state index >= 15 is 0 Å². The van der Waals surface area contributed by atoms with E-state index in [4.69, 9.17) is 11.6 Å². The van der Waals surface area contributed by atoms with Crippen molar-refractivity contribution in [2.45, 2.75) is 44.6 Å². The SMILES string of the molecule is CC1CCC(CCl)(NC(=O)Cc2cccc(F)c2)CC1. The van der Waals surface area contributed by atoms with Gasteiger partial charge in [0.15, 0.2) is 0 Å². The molecule has 1 aliphatic rings. The molecule has 1 aromatic carbocycles. The lowest BCUT2D eigenvalue weighted by Gasteiger charge is -2.38. The molecule has 110 valence electrons. The predicted molar refractivity (Wildman–Crippen MR) is 79.3 cm³/mol. The summed E-state index contributed by atoms with van der Waals surface area (Å²) in [4.78, 5) is 12.1. The topological polar surface area (TPSA) is 29.1 Å². The fraction of sp³-hybridized carbons (Fsp3) is 0.562. The molecular formula is C16H21ClFNO. The quantitative estimate of drug-likeness (QED) is 0.844. The average Bonchev–Trinajstić information content (AvgIpc) is 2.41. The third-order valence-corrected chi connectivity index (χ3v) is 4.66. The van der Waals surface area contributed by atoms with Gasteiger partial charge in [-0.2, -0.15) is 0 Å². The third kappa shape index (κ3) is 3.95. The zero-order valence-electron chi connectivity index (χ0n) is 11.8. The van der Waals surface area contributed by atoms with Gasteiger partial charge in [0.2, 0.25) is 5.91 Å². The molecular weight excluding hydrogens is 277 g/mol. The maximum atomic E-state index is 13.1. The number of nitrogens with one attached hydrogen (secondary N) is 1. The number of hydrogen-bond acceptors (Lipinski definition) is 1. The van der Waals surface area contributed by atoms with Gasteiger partial charge in [-0.3, -0.25) is 4.79 Å². The van der Waals surface area contributed by atoms with Crippen LogP contribution < -0.4 is 5.32 Å². The Morgan fingerprint density at radius 1 is 1.45 bits per heavy atom. The second-order valence-corrected chi connectivity index (χ2v) is 6.22. The van der Waals surface area contributed by atoms with Crippen LogP contribution in [0.4, 0.5) is 4.39 Å². The van der Waals surface area contributed by atoms with E-state index in [0.29, 0.717) is 17.4 Å². The predicted octanol–water partition coefficient (Wildman–Crippen LogP) is 3.67. The van der Waals surface area contributed by atoms with Gasteiger partial charge in [-0.05, 0) is 49.3 Å². The van der Waals surface area contributed by atoms with Crippen LogP contribution in [0.25, 0.3) is 0 Å². The summed E-state index contributed by atoms with van der Waals surface area (Å²) >= 11 is 6.08. The van der Waals surface area contributed by atoms with Crippen molar-refractivity contribution in [3.05, 3.63) is 35.6 Å². The average molecular weight is 298 g/mol. The number of rotatable bonds is 4. The molecule has 0 unspecified atom stereocenters. The van der Waals surface area contributed by atoms with Gasteiger partial charge >= 0.3 is 0 Å². The van der Waals surface area contributed by atoms with Crippen LogP contribution in [0, 0.1) is 11.7 Å². The van der Waals surface area contributed by atoms with Crippen molar-refractivity contribution in [3.8, 4) is 0 Å². The monoisotopic (exact) mass is 297 g/mol. The van der Waals surface area contributed by atoms with Crippen molar-refractivity contribution in [2.75, 3.05) is 5.88 Å². The number of halogens is 2. The summed E-state index contributed by atoms with van der Waals surface area (Å²) in [6.07, 6.45) is 4.23. The largest absolute Gasteiger partial charge is 0.349 e. The Hall–Kier alpha value is -1.09. The first-order chi connectivity index (χ1) is 9.53. The van der Waals surface area contributed by atoms with Crippen LogP contribution >= 0.6 is 11.6 Å². The summed E-state index contributed by atoms with van der Waals surface area (Å²) in [5.41, 5.74) is 0.412. The molecule has 1 fully saturated rings. The molecule has 0 aliphatic heterocycles. The number of carbonyl (C=O) groups excluding carboxylic acids is 1. The lowest BCUT2D eigenvalue weighted by atomic mass is 9.78. The van der Waals surface area contributed by atoms with Crippen molar-refractivity contribution >= 4 is 17.5 Å². The van der Waals surface area contributed by atoms with E-state index in [-0.39, 0.29) is 23.7 Å². The zero-order valence-corrected chi connectivity index (χ0v) is 12.5. The molecule has 2 nitrogen and oxygen atoms in total. The van der Waals surface area contributed by atoms with Gasteiger partial charge in [0.05, 0.1) is 12.0 Å². The van der Waals surface area contributed by atoms with E-state index in [1.54, 1.807) is 12.1 Å². The number of hydrogen-bond donors (Lipinski definition) is 1. The fourth-order valence-electron chi connectivity index (χ4n) is 2.78. The first-order valence-corrected chi connectivity index (χ1v) is 7.68. The Kier molecular flexibility index (Phi) is 5.03. The molecule has 20 heavy (non-hydrogen) atoms. The highest BCUT2D eigenvalue weighted by atomic mass is 35.5. The van der Waals surface area contributed by atoms with Crippen LogP contribution in [-0.2, 0) is 11.2 Å². The van der Waals surface area contributed by atoms with E-state index in [0.717, 1.165) is 25.7 Å². The highest BCUT2D eigenvalue weighted by molar-refractivity contribution is 6.18. The summed E-state index contributed by atoms with van der Waals surface area (Å²) in [5.74, 6) is 0.750. The van der Waals surface area contributed by atoms with E-state index < -0.39 is 0 Å². The van der Waals surface area contributed by atoms with Gasteiger partial charge in [0, 0.05) is 5.88 Å². The first-order valence-electron chi connectivity index (χ1n) is 7.14. The van der Waals surface area contributed by atoms with E-state index in [9.17, 15) is 9.18 Å². The van der Waals surface area contributed by atoms with Gasteiger partial charge in [-0.25, -0.2) is 4.39 Å². The molecule has 2 rings (SSSR count). The van der Waals surface area contributed by atoms with Crippen LogP contribution in [0.2, 0.25) is 0 Å². The maximum Gasteiger partial charge on any atom is 0.224 e. The Labute approximate surface area is 124 Å². The molecule has 1 aromatic rings. The van der Waals surface area contributed by atoms with Crippen LogP contribution in [0.5, 0.6) is 0 Å². The second-order valence-electron chi connectivity index (χ2n) is 5.95. The molecule has 1 saturated carbocycles. The summed E-state index contributed by atoms with van der Waals surface area (Å²) in [5, 5.41) is 3.08. The van der Waals surface area contributed by atoms with Crippen molar-refractivity contribution in [1.29, 1.82) is 0 Å². The minimum atomic E-state index is -0.311. The summed E-state index contributed by atoms with van der Waals surface area (Å²) in [7, 11) is 0. The van der Waals surface area contributed by atoms with Crippen molar-refractivity contribution in [3.63, 3.8) is 0 Å². The highest BCUT2D eigenvalue weighted by Gasteiger charge is 2.34. The van der Waals surface area contributed by atoms with Gasteiger partial charge in [0.1, 0.15) is 5.82 Å². The maximum absolute atomic E-state index is 13.1. The Balaban J connectivity index is 1.96. The van der Waals surface area contributed by atoms with Gasteiger partial charge in [-0.1, -0.05) is 19.1 Å². The van der Waals surface area contributed by atoms with Crippen LogP contribution in [0.1, 0.15) is 38.2 Å². The van der Waals surface area contributed by atoms with Crippen molar-refractivity contribution < 1.29 is 9.18 Å². The number of alkyl halides is 1. The molecule has 1 aliphatic carbocycles. The lowest BCUT2D eigenvalue weighted by molar-refractivity contribution is -0.122. The molecule has 0 radical (unpaired) electrons. The number of benzene rings is 1. The highest BCUT2D eigenvalue weighted by Crippen LogP contribution is 2.32. The van der Waals surface area contributed by atoms with E-state index in [2.05, 4.69) is 12.2 Å². The molecule has 0 atom stereocenters. The minimum absolute atomic E-state index is 0.0780. The lowest BCUT2D eigenvalue weighted by Crippen LogP contribution is -2.52. The summed E-state index contributed by atoms with van der Waals surface area (Å²) in [6.45, 7) is 2.23. The first kappa shape index (κ1) is 15.3. The summed E-state index contributed by atoms with van der Waals surface area (Å²) < 4.78 is 13.1. The molecule has 0 aromatic heterocycles. The fourth-order valence-corrected chi connectivity index (χ4v) is 3.11. The Morgan fingerprint density at radius 3 is 2.75 bits per heavy atom. The second kappa shape index (κ2) is 6.57. The number of amides is 1. The smallest absolute Gasteiger partial charge is 0.224 e. The van der Waals surface area contributed by atoms with Crippen molar-refractivity contribution in [2.24, 2.45) is 5.92 Å². The molecule has 1 N–H and O–H groups in total. The van der Waals surface area contributed by atoms with Crippen molar-refractivity contribution in [1.82, 2.24) is 5.32 Å². The Morgan fingerprint density at radius 2 is 2.15 bits per heavy atom. The zero-order chi connectivity index (χ0) is 14.6. The van der Waals surface area contributed by atoms with Gasteiger partial charge in [-0.15, -0.1) is 11.6 Å². The molecule has 0 bridgehead atoms. The Bertz CT molecular complexity index is 469. The van der Waals surface area contributed by atoms with Gasteiger partial charge < -0.3 is 5.32 Å². The number of carbonyl (C=O) groups is 1. The minimum Gasteiger partial charge on any atom is -0.349 e. The summed E-state index contributed by atoms with van der Waals surface area (Å²) in [6, 6.07) is 6.16. The van der Waals surface area contributed by atoms with E-state index in [1.165, 1.54) is 12.1 Å². The van der Waals surface area contributed by atoms with E-state index in [1.807, 2.05) is 0 Å². The van der Waals surface area contributed by atoms with Crippen LogP contribution in [0.3, 0.4) is 0 Å². The normalized spacial score (nSPS) is 26.2. The standard InChI is InChI=1S/C16H21ClFNO/c1-12-5-7-16(11-17,8-6-12)19-15(20)10-13-3-2-4-14(18)9-13/h2-4,9,12H,5-8,10-11H2,1H3,(H,19,20). The molecule has 0 saturated heterocycles. The van der Waals surface area contributed by atoms with Gasteiger partial charge in [0.25, 0.3) is 0 Å². The third-order valence-electron chi connectivity index (χ3n) is 4.15. The van der Waals surface area contributed by atoms with Crippen LogP contribution in [0.15, 0.2) is 24.3 Å². The molecule has 4 heteroatoms. The molecule has 1 amide bonds. The molecule has 0 heterocycles. The molecule has 0 spiro atoms. The van der Waals surface area contributed by atoms with Crippen LogP contribution in [-0.4, -0.2) is 17.3 Å².